The van der Waals surface area contributed by atoms with Crippen LogP contribution in [0.1, 0.15) is 30.7 Å². The molecule has 0 spiro atoms. The minimum Gasteiger partial charge on any atom is -0.507 e. The van der Waals surface area contributed by atoms with Gasteiger partial charge in [-0.2, -0.15) is 0 Å². The van der Waals surface area contributed by atoms with Crippen molar-refractivity contribution in [2.45, 2.75) is 20.3 Å². The van der Waals surface area contributed by atoms with Gasteiger partial charge in [-0.05, 0) is 31.0 Å². The van der Waals surface area contributed by atoms with Crippen LogP contribution in [-0.4, -0.2) is 16.7 Å². The molecule has 0 atom stereocenters. The number of nitrogens with zero attached hydrogens (tertiary/aromatic N) is 1. The second kappa shape index (κ2) is 6.75. The number of hydrogen-bond acceptors (Lipinski definition) is 3. The second-order valence-corrected chi connectivity index (χ2v) is 4.43. The minimum absolute atomic E-state index is 0.212. The molecule has 0 aliphatic heterocycles. The predicted octanol–water partition coefficient (Wildman–Crippen LogP) is 4.10. The van der Waals surface area contributed by atoms with Crippen molar-refractivity contribution in [2.75, 3.05) is 6.61 Å². The molecular formula is C17H19NO2. The van der Waals surface area contributed by atoms with E-state index >= 15 is 0 Å². The zero-order chi connectivity index (χ0) is 14.4. The maximum Gasteiger partial charge on any atom is 0.137 e. The van der Waals surface area contributed by atoms with Crippen molar-refractivity contribution in [3.63, 3.8) is 0 Å². The SMILES string of the molecule is CCOc1ccc(/C=C(/O)c2ccc(CC)cc2)nc1. The topological polar surface area (TPSA) is 42.4 Å². The van der Waals surface area contributed by atoms with E-state index in [9.17, 15) is 5.11 Å². The average molecular weight is 269 g/mol. The highest BCUT2D eigenvalue weighted by atomic mass is 16.5. The Morgan fingerprint density at radius 2 is 1.90 bits per heavy atom. The molecule has 1 N–H and O–H groups in total. The highest BCUT2D eigenvalue weighted by Crippen LogP contribution is 2.17. The zero-order valence-corrected chi connectivity index (χ0v) is 11.8. The van der Waals surface area contributed by atoms with Gasteiger partial charge < -0.3 is 9.84 Å². The van der Waals surface area contributed by atoms with Gasteiger partial charge in [-0.15, -0.1) is 0 Å². The Kier molecular flexibility index (Phi) is 4.77. The van der Waals surface area contributed by atoms with Crippen LogP contribution in [0.5, 0.6) is 5.75 Å². The molecule has 3 nitrogen and oxygen atoms in total. The summed E-state index contributed by atoms with van der Waals surface area (Å²) in [5.41, 5.74) is 2.74. The molecule has 1 heterocycles. The molecule has 0 saturated heterocycles. The Morgan fingerprint density at radius 1 is 1.15 bits per heavy atom. The number of aliphatic hydroxyl groups is 1. The molecule has 0 fully saturated rings. The van der Waals surface area contributed by atoms with Crippen LogP contribution in [0.25, 0.3) is 11.8 Å². The third-order valence-electron chi connectivity index (χ3n) is 3.01. The number of ether oxygens (including phenoxy) is 1. The molecule has 104 valence electrons. The maximum absolute atomic E-state index is 10.1. The largest absolute Gasteiger partial charge is 0.507 e. The molecule has 0 amide bonds. The third kappa shape index (κ3) is 3.60. The quantitative estimate of drug-likeness (QED) is 0.831. The highest BCUT2D eigenvalue weighted by Gasteiger charge is 2.01. The van der Waals surface area contributed by atoms with E-state index in [2.05, 4.69) is 11.9 Å². The average Bonchev–Trinajstić information content (AvgIpc) is 2.49. The van der Waals surface area contributed by atoms with Crippen molar-refractivity contribution in [2.24, 2.45) is 0 Å². The van der Waals surface area contributed by atoms with Gasteiger partial charge in [0, 0.05) is 11.6 Å². The van der Waals surface area contributed by atoms with E-state index < -0.39 is 0 Å². The number of aryl methyl sites for hydroxylation is 1. The lowest BCUT2D eigenvalue weighted by atomic mass is 10.1. The second-order valence-electron chi connectivity index (χ2n) is 4.43. The van der Waals surface area contributed by atoms with Crippen LogP contribution >= 0.6 is 0 Å². The summed E-state index contributed by atoms with van der Waals surface area (Å²) in [6.45, 7) is 4.65. The monoisotopic (exact) mass is 269 g/mol. The van der Waals surface area contributed by atoms with Crippen molar-refractivity contribution in [1.82, 2.24) is 4.98 Å². The number of rotatable bonds is 5. The summed E-state index contributed by atoms with van der Waals surface area (Å²) < 4.78 is 5.33. The number of hydrogen-bond donors (Lipinski definition) is 1. The normalized spacial score (nSPS) is 11.4. The van der Waals surface area contributed by atoms with Crippen LogP contribution in [0.3, 0.4) is 0 Å². The molecule has 0 unspecified atom stereocenters. The van der Waals surface area contributed by atoms with Crippen molar-refractivity contribution in [1.29, 1.82) is 0 Å². The molecule has 0 aliphatic rings. The van der Waals surface area contributed by atoms with E-state index in [1.807, 2.05) is 43.3 Å². The van der Waals surface area contributed by atoms with Gasteiger partial charge in [-0.3, -0.25) is 4.98 Å². The van der Waals surface area contributed by atoms with Gasteiger partial charge in [0.1, 0.15) is 11.5 Å². The first kappa shape index (κ1) is 14.1. The first-order valence-electron chi connectivity index (χ1n) is 6.81. The van der Waals surface area contributed by atoms with Crippen molar-refractivity contribution < 1.29 is 9.84 Å². The molecule has 2 aromatic rings. The Bertz CT molecular complexity index is 571. The lowest BCUT2D eigenvalue weighted by molar-refractivity contribution is 0.339. The van der Waals surface area contributed by atoms with Crippen LogP contribution < -0.4 is 4.74 Å². The smallest absolute Gasteiger partial charge is 0.137 e. The highest BCUT2D eigenvalue weighted by molar-refractivity contribution is 5.75. The molecule has 0 aliphatic carbocycles. The summed E-state index contributed by atoms with van der Waals surface area (Å²) in [4.78, 5) is 4.24. The lowest BCUT2D eigenvalue weighted by Gasteiger charge is -2.04. The van der Waals surface area contributed by atoms with E-state index in [0.717, 1.165) is 17.7 Å². The Hall–Kier alpha value is -2.29. The summed E-state index contributed by atoms with van der Waals surface area (Å²) in [6.07, 6.45) is 4.30. The van der Waals surface area contributed by atoms with Crippen LogP contribution in [0.4, 0.5) is 0 Å². The molecule has 0 bridgehead atoms. The lowest BCUT2D eigenvalue weighted by Crippen LogP contribution is -1.92. The number of aromatic nitrogens is 1. The maximum atomic E-state index is 10.1. The van der Waals surface area contributed by atoms with Crippen LogP contribution in [0.2, 0.25) is 0 Å². The summed E-state index contributed by atoms with van der Waals surface area (Å²) in [6, 6.07) is 11.5. The molecular weight excluding hydrogens is 250 g/mol. The zero-order valence-electron chi connectivity index (χ0n) is 11.8. The fourth-order valence-electron chi connectivity index (χ4n) is 1.86. The van der Waals surface area contributed by atoms with Gasteiger partial charge in [0.15, 0.2) is 0 Å². The van der Waals surface area contributed by atoms with E-state index in [1.165, 1.54) is 5.56 Å². The molecule has 1 aromatic heterocycles. The summed E-state index contributed by atoms with van der Waals surface area (Å²) in [5.74, 6) is 0.945. The van der Waals surface area contributed by atoms with Gasteiger partial charge in [-0.25, -0.2) is 0 Å². The van der Waals surface area contributed by atoms with Gasteiger partial charge in [0.2, 0.25) is 0 Å². The summed E-state index contributed by atoms with van der Waals surface area (Å²) in [5, 5.41) is 10.1. The first-order valence-corrected chi connectivity index (χ1v) is 6.81. The Balaban J connectivity index is 2.15. The standard InChI is InChI=1S/C17H19NO2/c1-3-13-5-7-14(8-6-13)17(19)11-15-9-10-16(12-18-15)20-4-2/h5-12,19H,3-4H2,1-2H3/b17-11+. The molecule has 2 rings (SSSR count). The van der Waals surface area contributed by atoms with E-state index in [1.54, 1.807) is 12.3 Å². The van der Waals surface area contributed by atoms with Gasteiger partial charge in [-0.1, -0.05) is 31.2 Å². The fourth-order valence-corrected chi connectivity index (χ4v) is 1.86. The summed E-state index contributed by atoms with van der Waals surface area (Å²) >= 11 is 0. The summed E-state index contributed by atoms with van der Waals surface area (Å²) in [7, 11) is 0. The van der Waals surface area contributed by atoms with Crippen LogP contribution in [-0.2, 0) is 6.42 Å². The van der Waals surface area contributed by atoms with Gasteiger partial charge >= 0.3 is 0 Å². The van der Waals surface area contributed by atoms with Crippen LogP contribution in [0, 0.1) is 0 Å². The fraction of sp³-hybridized carbons (Fsp3) is 0.235. The van der Waals surface area contributed by atoms with Gasteiger partial charge in [0.25, 0.3) is 0 Å². The molecule has 0 radical (unpaired) electrons. The first-order chi connectivity index (χ1) is 9.72. The van der Waals surface area contributed by atoms with Crippen molar-refractivity contribution >= 4 is 11.8 Å². The Labute approximate surface area is 119 Å². The van der Waals surface area contributed by atoms with Crippen molar-refractivity contribution in [3.8, 4) is 5.75 Å². The molecule has 20 heavy (non-hydrogen) atoms. The Morgan fingerprint density at radius 3 is 2.45 bits per heavy atom. The minimum atomic E-state index is 0.212. The number of benzene rings is 1. The van der Waals surface area contributed by atoms with Gasteiger partial charge in [0.05, 0.1) is 18.5 Å². The molecule has 1 aromatic carbocycles. The van der Waals surface area contributed by atoms with E-state index in [4.69, 9.17) is 4.74 Å². The molecule has 0 saturated carbocycles. The van der Waals surface area contributed by atoms with Crippen LogP contribution in [0.15, 0.2) is 42.6 Å². The number of aliphatic hydroxyl groups excluding tert-OH is 1. The van der Waals surface area contributed by atoms with E-state index in [-0.39, 0.29) is 5.76 Å². The molecule has 3 heteroatoms. The third-order valence-corrected chi connectivity index (χ3v) is 3.01. The van der Waals surface area contributed by atoms with Crippen molar-refractivity contribution in [3.05, 3.63) is 59.4 Å². The van der Waals surface area contributed by atoms with E-state index in [0.29, 0.717) is 12.3 Å². The predicted molar refractivity (Wildman–Crippen MR) is 81.7 cm³/mol. The number of pyridine rings is 1.